The maximum atomic E-state index is 11.6. The van der Waals surface area contributed by atoms with Gasteiger partial charge in [0.1, 0.15) is 5.60 Å². The van der Waals surface area contributed by atoms with Gasteiger partial charge in [-0.15, -0.1) is 4.52 Å². The topological polar surface area (TPSA) is 26.3 Å². The summed E-state index contributed by atoms with van der Waals surface area (Å²) < 4.78 is 17.4. The molecule has 1 atom stereocenters. The van der Waals surface area contributed by atoms with Crippen LogP contribution < -0.4 is 0 Å². The molecule has 0 aromatic rings. The van der Waals surface area contributed by atoms with Crippen LogP contribution in [0.25, 0.3) is 0 Å². The largest absolute Gasteiger partial charge is 0.508 e. The van der Waals surface area contributed by atoms with Crippen LogP contribution in [-0.2, 0) is 9.09 Å². The predicted molar refractivity (Wildman–Crippen MR) is 64.6 cm³/mol. The van der Waals surface area contributed by atoms with E-state index in [0.29, 0.717) is 6.16 Å². The molecule has 0 bridgehead atoms. The lowest BCUT2D eigenvalue weighted by Crippen LogP contribution is -2.33. The van der Waals surface area contributed by atoms with Crippen molar-refractivity contribution in [1.82, 2.24) is 0 Å². The van der Waals surface area contributed by atoms with Crippen LogP contribution in [0, 0.1) is 0 Å². The molecule has 2 nitrogen and oxygen atoms in total. The zero-order chi connectivity index (χ0) is 11.1. The Morgan fingerprint density at radius 1 is 1.20 bits per heavy atom. The summed E-state index contributed by atoms with van der Waals surface area (Å²) in [7, 11) is -1.42. The zero-order valence-electron chi connectivity index (χ0n) is 10.1. The lowest BCUT2D eigenvalue weighted by atomic mass is 9.81. The Kier molecular flexibility index (Phi) is 5.78. The quantitative estimate of drug-likeness (QED) is 0.621. The first-order valence-electron chi connectivity index (χ1n) is 6.36. The Hall–Kier alpha value is 0.0600. The van der Waals surface area contributed by atoms with E-state index in [2.05, 4.69) is 6.92 Å². The molecule has 1 saturated carbocycles. The molecule has 1 unspecified atom stereocenters. The number of hydrogen-bond acceptors (Lipinski definition) is 2. The van der Waals surface area contributed by atoms with Crippen molar-refractivity contribution in [1.29, 1.82) is 0 Å². The summed E-state index contributed by atoms with van der Waals surface area (Å²) in [6, 6.07) is 0. The Balaban J connectivity index is 2.53. The van der Waals surface area contributed by atoms with E-state index in [9.17, 15) is 4.57 Å². The Morgan fingerprint density at radius 3 is 2.40 bits per heavy atom. The molecular weight excluding hydrogens is 207 g/mol. The summed E-state index contributed by atoms with van der Waals surface area (Å²) in [5.41, 5.74) is -0.0300. The molecular formula is C12H24O2P+. The maximum absolute atomic E-state index is 11.6. The lowest BCUT2D eigenvalue weighted by molar-refractivity contribution is 0.0281. The van der Waals surface area contributed by atoms with Gasteiger partial charge in [0, 0.05) is 0 Å². The van der Waals surface area contributed by atoms with E-state index in [4.69, 9.17) is 4.52 Å². The van der Waals surface area contributed by atoms with Gasteiger partial charge >= 0.3 is 8.03 Å². The summed E-state index contributed by atoms with van der Waals surface area (Å²) in [6.45, 7) is 4.14. The van der Waals surface area contributed by atoms with Gasteiger partial charge < -0.3 is 0 Å². The molecule has 0 spiro atoms. The van der Waals surface area contributed by atoms with Gasteiger partial charge in [-0.05, 0) is 30.8 Å². The summed E-state index contributed by atoms with van der Waals surface area (Å²) in [6.07, 6.45) is 10.2. The zero-order valence-corrected chi connectivity index (χ0v) is 11.0. The van der Waals surface area contributed by atoms with E-state index in [1.165, 1.54) is 32.1 Å². The number of hydrogen-bond donors (Lipinski definition) is 0. The van der Waals surface area contributed by atoms with Crippen LogP contribution in [0.3, 0.4) is 0 Å². The molecule has 0 radical (unpaired) electrons. The minimum absolute atomic E-state index is 0.0300. The van der Waals surface area contributed by atoms with Crippen molar-refractivity contribution < 1.29 is 9.09 Å². The third kappa shape index (κ3) is 4.20. The van der Waals surface area contributed by atoms with Gasteiger partial charge in [-0.3, -0.25) is 0 Å². The highest BCUT2D eigenvalue weighted by Gasteiger charge is 2.39. The third-order valence-corrected chi connectivity index (χ3v) is 4.41. The van der Waals surface area contributed by atoms with Gasteiger partial charge in [-0.2, -0.15) is 0 Å². The van der Waals surface area contributed by atoms with Gasteiger partial charge in [0.25, 0.3) is 0 Å². The predicted octanol–water partition coefficient (Wildman–Crippen LogP) is 4.66. The van der Waals surface area contributed by atoms with Crippen LogP contribution in [0.1, 0.15) is 65.2 Å². The Bertz CT molecular complexity index is 198. The molecule has 0 heterocycles. The first kappa shape index (κ1) is 13.1. The van der Waals surface area contributed by atoms with Crippen molar-refractivity contribution in [3.8, 4) is 0 Å². The van der Waals surface area contributed by atoms with E-state index in [1.54, 1.807) is 0 Å². The number of unbranched alkanes of at least 4 members (excludes halogenated alkanes) is 1. The summed E-state index contributed by atoms with van der Waals surface area (Å²) in [5, 5.41) is 0. The van der Waals surface area contributed by atoms with E-state index >= 15 is 0 Å². The standard InChI is InChI=1S/C12H24O2P/c1-3-5-9-12(14-15(13)4-2)10-7-6-8-11-12/h3-11H2,1-2H3/q+1. The fourth-order valence-electron chi connectivity index (χ4n) is 2.36. The number of rotatable bonds is 6. The molecule has 0 aromatic carbocycles. The average Bonchev–Trinajstić information content (AvgIpc) is 2.27. The molecule has 88 valence electrons. The van der Waals surface area contributed by atoms with Crippen molar-refractivity contribution in [2.24, 2.45) is 0 Å². The van der Waals surface area contributed by atoms with Gasteiger partial charge in [0.05, 0.1) is 0 Å². The monoisotopic (exact) mass is 231 g/mol. The molecule has 0 saturated heterocycles. The van der Waals surface area contributed by atoms with E-state index < -0.39 is 8.03 Å². The second kappa shape index (κ2) is 6.60. The fourth-order valence-corrected chi connectivity index (χ4v) is 3.20. The molecule has 15 heavy (non-hydrogen) atoms. The fraction of sp³-hybridized carbons (Fsp3) is 1.00. The van der Waals surface area contributed by atoms with Crippen LogP contribution in [0.15, 0.2) is 0 Å². The first-order chi connectivity index (χ1) is 7.22. The van der Waals surface area contributed by atoms with Crippen molar-refractivity contribution in [2.45, 2.75) is 70.8 Å². The molecule has 0 amide bonds. The molecule has 1 fully saturated rings. The van der Waals surface area contributed by atoms with Gasteiger partial charge in [-0.25, -0.2) is 0 Å². The van der Waals surface area contributed by atoms with E-state index in [-0.39, 0.29) is 5.60 Å². The highest BCUT2D eigenvalue weighted by molar-refractivity contribution is 7.39. The van der Waals surface area contributed by atoms with E-state index in [1.807, 2.05) is 6.92 Å². The van der Waals surface area contributed by atoms with Crippen molar-refractivity contribution in [3.05, 3.63) is 0 Å². The summed E-state index contributed by atoms with van der Waals surface area (Å²) >= 11 is 0. The van der Waals surface area contributed by atoms with E-state index in [0.717, 1.165) is 19.3 Å². The second-order valence-corrected chi connectivity index (χ2v) is 6.07. The SMILES string of the molecule is CCCCC1(O[P+](=O)CC)CCCCC1. The molecule has 0 aromatic heterocycles. The van der Waals surface area contributed by atoms with Crippen LogP contribution in [0.4, 0.5) is 0 Å². The van der Waals surface area contributed by atoms with Crippen LogP contribution >= 0.6 is 8.03 Å². The smallest absolute Gasteiger partial charge is 0.140 e. The van der Waals surface area contributed by atoms with Crippen LogP contribution in [0.2, 0.25) is 0 Å². The highest BCUT2D eigenvalue weighted by Crippen LogP contribution is 2.42. The highest BCUT2D eigenvalue weighted by atomic mass is 31.1. The molecule has 0 aliphatic heterocycles. The van der Waals surface area contributed by atoms with Crippen LogP contribution in [0.5, 0.6) is 0 Å². The van der Waals surface area contributed by atoms with Crippen molar-refractivity contribution in [3.63, 3.8) is 0 Å². The third-order valence-electron chi connectivity index (χ3n) is 3.30. The Labute approximate surface area is 94.7 Å². The molecule has 3 heteroatoms. The van der Waals surface area contributed by atoms with Crippen molar-refractivity contribution >= 4 is 8.03 Å². The summed E-state index contributed by atoms with van der Waals surface area (Å²) in [5.74, 6) is 0. The van der Waals surface area contributed by atoms with Gasteiger partial charge in [0.2, 0.25) is 0 Å². The van der Waals surface area contributed by atoms with Gasteiger partial charge in [-0.1, -0.05) is 39.0 Å². The molecule has 1 aliphatic carbocycles. The lowest BCUT2D eigenvalue weighted by Gasteiger charge is -2.32. The minimum atomic E-state index is -1.42. The Morgan fingerprint density at radius 2 is 1.87 bits per heavy atom. The molecule has 0 N–H and O–H groups in total. The first-order valence-corrected chi connectivity index (χ1v) is 7.72. The average molecular weight is 231 g/mol. The normalized spacial score (nSPS) is 21.3. The minimum Gasteiger partial charge on any atom is -0.140 e. The van der Waals surface area contributed by atoms with Crippen LogP contribution in [-0.4, -0.2) is 11.8 Å². The maximum Gasteiger partial charge on any atom is 0.508 e. The van der Waals surface area contributed by atoms with Gasteiger partial charge in [0.15, 0.2) is 6.16 Å². The molecule has 1 rings (SSSR count). The molecule has 1 aliphatic rings. The second-order valence-electron chi connectivity index (χ2n) is 4.59. The van der Waals surface area contributed by atoms with Crippen molar-refractivity contribution in [2.75, 3.05) is 6.16 Å². The summed E-state index contributed by atoms with van der Waals surface area (Å²) in [4.78, 5) is 0.